The second-order valence-corrected chi connectivity index (χ2v) is 8.01. The van der Waals surface area contributed by atoms with Gasteiger partial charge in [-0.15, -0.1) is 0 Å². The van der Waals surface area contributed by atoms with Gasteiger partial charge < -0.3 is 10.1 Å². The van der Waals surface area contributed by atoms with Crippen LogP contribution in [0.5, 0.6) is 0 Å². The predicted molar refractivity (Wildman–Crippen MR) is 79.5 cm³/mol. The zero-order chi connectivity index (χ0) is 15.9. The maximum Gasteiger partial charge on any atom is 0.308 e. The van der Waals surface area contributed by atoms with Gasteiger partial charge in [0.25, 0.3) is 0 Å². The molecule has 1 saturated carbocycles. The Bertz CT molecular complexity index is 466. The molecule has 1 aliphatic rings. The van der Waals surface area contributed by atoms with Crippen molar-refractivity contribution in [2.24, 2.45) is 0 Å². The Balaban J connectivity index is 2.50. The van der Waals surface area contributed by atoms with E-state index in [-0.39, 0.29) is 30.5 Å². The fraction of sp³-hybridized carbons (Fsp3) is 0.857. The van der Waals surface area contributed by atoms with Crippen LogP contribution in [0.3, 0.4) is 0 Å². The first kappa shape index (κ1) is 17.9. The van der Waals surface area contributed by atoms with Crippen LogP contribution in [0.2, 0.25) is 0 Å². The molecule has 0 saturated heterocycles. The quantitative estimate of drug-likeness (QED) is 0.679. The van der Waals surface area contributed by atoms with Gasteiger partial charge in [-0.25, -0.2) is 8.42 Å². The predicted octanol–water partition coefficient (Wildman–Crippen LogP) is 1.19. The molecule has 1 N–H and O–H groups in total. The molecule has 0 bridgehead atoms. The number of hydrogen-bond acceptors (Lipinski definition) is 5. The van der Waals surface area contributed by atoms with Gasteiger partial charge in [-0.3, -0.25) is 9.59 Å². The summed E-state index contributed by atoms with van der Waals surface area (Å²) in [6, 6.07) is 0. The number of sulfone groups is 1. The van der Waals surface area contributed by atoms with Crippen molar-refractivity contribution >= 4 is 21.7 Å². The van der Waals surface area contributed by atoms with Crippen molar-refractivity contribution in [2.45, 2.75) is 57.4 Å². The lowest BCUT2D eigenvalue weighted by molar-refractivity contribution is -0.145. The van der Waals surface area contributed by atoms with Gasteiger partial charge in [0, 0.05) is 12.7 Å². The van der Waals surface area contributed by atoms with Crippen LogP contribution in [0.1, 0.15) is 51.9 Å². The highest BCUT2D eigenvalue weighted by molar-refractivity contribution is 7.90. The summed E-state index contributed by atoms with van der Waals surface area (Å²) in [5.41, 5.74) is -0.506. The largest absolute Gasteiger partial charge is 0.466 e. The second-order valence-electron chi connectivity index (χ2n) is 5.75. The number of amides is 1. The van der Waals surface area contributed by atoms with Crippen LogP contribution in [-0.4, -0.2) is 44.4 Å². The smallest absolute Gasteiger partial charge is 0.308 e. The zero-order valence-corrected chi connectivity index (χ0v) is 13.6. The van der Waals surface area contributed by atoms with Crippen molar-refractivity contribution in [2.75, 3.05) is 18.6 Å². The second kappa shape index (κ2) is 7.77. The Morgan fingerprint density at radius 3 is 2.38 bits per heavy atom. The summed E-state index contributed by atoms with van der Waals surface area (Å²) >= 11 is 0. The normalized spacial score (nSPS) is 17.4. The number of rotatable bonds is 8. The maximum absolute atomic E-state index is 12.0. The Kier molecular flexibility index (Phi) is 6.64. The van der Waals surface area contributed by atoms with E-state index in [2.05, 4.69) is 5.32 Å². The summed E-state index contributed by atoms with van der Waals surface area (Å²) in [7, 11) is -3.04. The minimum absolute atomic E-state index is 0.00525. The van der Waals surface area contributed by atoms with Crippen LogP contribution >= 0.6 is 0 Å². The molecule has 122 valence electrons. The standard InChI is InChI=1S/C14H25NO5S/c1-3-20-13(17)11-14(8-4-5-9-14)15-12(16)7-6-10-21(2,18)19/h3-11H2,1-2H3,(H,15,16). The molecule has 1 aliphatic carbocycles. The highest BCUT2D eigenvalue weighted by atomic mass is 32.2. The summed E-state index contributed by atoms with van der Waals surface area (Å²) in [5.74, 6) is -0.480. The molecule has 1 amide bonds. The minimum Gasteiger partial charge on any atom is -0.466 e. The molecule has 0 aromatic carbocycles. The van der Waals surface area contributed by atoms with E-state index in [4.69, 9.17) is 4.74 Å². The lowest BCUT2D eigenvalue weighted by Gasteiger charge is -2.29. The highest BCUT2D eigenvalue weighted by Crippen LogP contribution is 2.33. The number of carbonyl (C=O) groups is 2. The lowest BCUT2D eigenvalue weighted by atomic mass is 9.93. The number of ether oxygens (including phenoxy) is 1. The molecule has 0 unspecified atom stereocenters. The first-order valence-electron chi connectivity index (χ1n) is 7.41. The van der Waals surface area contributed by atoms with Gasteiger partial charge in [0.1, 0.15) is 9.84 Å². The Hall–Kier alpha value is -1.11. The zero-order valence-electron chi connectivity index (χ0n) is 12.8. The summed E-state index contributed by atoms with van der Waals surface area (Å²) < 4.78 is 27.1. The summed E-state index contributed by atoms with van der Waals surface area (Å²) in [6.45, 7) is 2.08. The van der Waals surface area contributed by atoms with Crippen molar-refractivity contribution in [3.8, 4) is 0 Å². The monoisotopic (exact) mass is 319 g/mol. The van der Waals surface area contributed by atoms with Crippen molar-refractivity contribution in [3.63, 3.8) is 0 Å². The summed E-state index contributed by atoms with van der Waals surface area (Å²) in [4.78, 5) is 23.6. The molecule has 1 fully saturated rings. The first-order chi connectivity index (χ1) is 9.76. The van der Waals surface area contributed by atoms with Crippen LogP contribution in [0, 0.1) is 0 Å². The van der Waals surface area contributed by atoms with Crippen molar-refractivity contribution < 1.29 is 22.7 Å². The summed E-state index contributed by atoms with van der Waals surface area (Å²) in [6.07, 6.45) is 5.31. The molecule has 0 spiro atoms. The molecule has 0 atom stereocenters. The highest BCUT2D eigenvalue weighted by Gasteiger charge is 2.37. The van der Waals surface area contributed by atoms with Gasteiger partial charge in [0.2, 0.25) is 5.91 Å². The number of esters is 1. The molecular weight excluding hydrogens is 294 g/mol. The number of nitrogens with one attached hydrogen (secondary N) is 1. The molecule has 6 nitrogen and oxygen atoms in total. The molecular formula is C14H25NO5S. The third-order valence-electron chi connectivity index (χ3n) is 3.67. The Morgan fingerprint density at radius 1 is 1.24 bits per heavy atom. The fourth-order valence-corrected chi connectivity index (χ4v) is 3.41. The van der Waals surface area contributed by atoms with Crippen LogP contribution in [0.4, 0.5) is 0 Å². The maximum atomic E-state index is 12.0. The average molecular weight is 319 g/mol. The Labute approximate surface area is 126 Å². The van der Waals surface area contributed by atoms with Crippen molar-refractivity contribution in [1.29, 1.82) is 0 Å². The van der Waals surface area contributed by atoms with Crippen LogP contribution in [-0.2, 0) is 24.2 Å². The van der Waals surface area contributed by atoms with Gasteiger partial charge in [0.05, 0.1) is 24.3 Å². The molecule has 0 radical (unpaired) electrons. The Morgan fingerprint density at radius 2 is 1.86 bits per heavy atom. The van der Waals surface area contributed by atoms with Crippen molar-refractivity contribution in [3.05, 3.63) is 0 Å². The van der Waals surface area contributed by atoms with Gasteiger partial charge in [-0.2, -0.15) is 0 Å². The number of hydrogen-bond donors (Lipinski definition) is 1. The van der Waals surface area contributed by atoms with Crippen LogP contribution < -0.4 is 5.32 Å². The number of carbonyl (C=O) groups excluding carboxylic acids is 2. The molecule has 0 aromatic heterocycles. The van der Waals surface area contributed by atoms with Crippen LogP contribution in [0.25, 0.3) is 0 Å². The van der Waals surface area contributed by atoms with E-state index in [0.29, 0.717) is 13.0 Å². The van der Waals surface area contributed by atoms with Gasteiger partial charge >= 0.3 is 5.97 Å². The molecule has 1 rings (SSSR count). The molecule has 7 heteroatoms. The SMILES string of the molecule is CCOC(=O)CC1(NC(=O)CCCS(C)(=O)=O)CCCC1. The van der Waals surface area contributed by atoms with Crippen LogP contribution in [0.15, 0.2) is 0 Å². The van der Waals surface area contributed by atoms with E-state index in [9.17, 15) is 18.0 Å². The van der Waals surface area contributed by atoms with E-state index in [1.54, 1.807) is 6.92 Å². The van der Waals surface area contributed by atoms with E-state index in [0.717, 1.165) is 31.9 Å². The molecule has 21 heavy (non-hydrogen) atoms. The van der Waals surface area contributed by atoms with E-state index >= 15 is 0 Å². The van der Waals surface area contributed by atoms with E-state index in [1.807, 2.05) is 0 Å². The van der Waals surface area contributed by atoms with Gasteiger partial charge in [0.15, 0.2) is 0 Å². The van der Waals surface area contributed by atoms with E-state index in [1.165, 1.54) is 0 Å². The fourth-order valence-electron chi connectivity index (χ4n) is 2.74. The average Bonchev–Trinajstić information content (AvgIpc) is 2.75. The first-order valence-corrected chi connectivity index (χ1v) is 9.47. The summed E-state index contributed by atoms with van der Waals surface area (Å²) in [5, 5.41) is 2.93. The van der Waals surface area contributed by atoms with Gasteiger partial charge in [-0.05, 0) is 26.2 Å². The topological polar surface area (TPSA) is 89.5 Å². The third kappa shape index (κ3) is 6.93. The lowest BCUT2D eigenvalue weighted by Crippen LogP contribution is -2.48. The molecule has 0 aromatic rings. The minimum atomic E-state index is -3.04. The molecule has 0 heterocycles. The molecule has 0 aliphatic heterocycles. The third-order valence-corrected chi connectivity index (χ3v) is 4.70. The van der Waals surface area contributed by atoms with Crippen molar-refractivity contribution in [1.82, 2.24) is 5.32 Å². The van der Waals surface area contributed by atoms with Gasteiger partial charge in [-0.1, -0.05) is 12.8 Å². The van der Waals surface area contributed by atoms with E-state index < -0.39 is 15.4 Å².